The molecular formula is C53H61N11O5. The minimum Gasteiger partial charge on any atom is -0.357 e. The second-order valence-corrected chi connectivity index (χ2v) is 17.7. The zero-order valence-electron chi connectivity index (χ0n) is 39.4. The fourth-order valence-corrected chi connectivity index (χ4v) is 8.45. The Morgan fingerprint density at radius 1 is 0.667 bits per heavy atom. The second kappa shape index (κ2) is 20.7. The number of pyridine rings is 2. The Labute approximate surface area is 403 Å². The quantitative estimate of drug-likeness (QED) is 0.0934. The number of amides is 1. The van der Waals surface area contributed by atoms with Crippen LogP contribution in [0, 0.1) is 13.8 Å². The summed E-state index contributed by atoms with van der Waals surface area (Å²) in [7, 11) is 3.44. The van der Waals surface area contributed by atoms with Gasteiger partial charge < -0.3 is 34.1 Å². The van der Waals surface area contributed by atoms with Crippen molar-refractivity contribution < 1.29 is 18.1 Å². The molecule has 2 fully saturated rings. The van der Waals surface area contributed by atoms with Crippen LogP contribution in [0.15, 0.2) is 128 Å². The number of aryl methyl sites for hydroxylation is 2. The Kier molecular flexibility index (Phi) is 13.9. The van der Waals surface area contributed by atoms with Gasteiger partial charge in [-0.3, -0.25) is 24.4 Å². The fraction of sp³-hybridized carbons (Fsp3) is 0.302. The Balaban J connectivity index is 0.000000226. The minimum absolute atomic E-state index is 0. The van der Waals surface area contributed by atoms with E-state index in [9.17, 15) is 14.4 Å². The highest BCUT2D eigenvalue weighted by Gasteiger charge is 2.22. The third-order valence-corrected chi connectivity index (χ3v) is 12.7. The molecule has 6 heterocycles. The van der Waals surface area contributed by atoms with Crippen molar-refractivity contribution in [2.45, 2.75) is 90.5 Å². The molecule has 0 aliphatic heterocycles. The summed E-state index contributed by atoms with van der Waals surface area (Å²) < 4.78 is 14.5. The van der Waals surface area contributed by atoms with E-state index >= 15 is 0 Å². The summed E-state index contributed by atoms with van der Waals surface area (Å²) in [5.74, 6) is 0.812. The molecule has 0 spiro atoms. The number of carbonyl (C=O) groups is 1. The molecule has 1 atom stereocenters. The molecule has 2 aromatic carbocycles. The van der Waals surface area contributed by atoms with E-state index in [0.29, 0.717) is 57.3 Å². The van der Waals surface area contributed by atoms with Crippen molar-refractivity contribution in [2.75, 3.05) is 14.1 Å². The van der Waals surface area contributed by atoms with Crippen molar-refractivity contribution in [1.29, 1.82) is 0 Å². The molecule has 0 saturated heterocycles. The first-order valence-electron chi connectivity index (χ1n) is 23.4. The molecular weight excluding hydrogens is 871 g/mol. The topological polar surface area (TPSA) is 201 Å². The van der Waals surface area contributed by atoms with Crippen LogP contribution in [0.1, 0.15) is 84.3 Å². The highest BCUT2D eigenvalue weighted by Crippen LogP contribution is 2.32. The first-order valence-corrected chi connectivity index (χ1v) is 23.4. The molecule has 2 saturated carbocycles. The van der Waals surface area contributed by atoms with Crippen LogP contribution in [0.4, 0.5) is 0 Å². The van der Waals surface area contributed by atoms with E-state index in [1.165, 1.54) is 54.5 Å². The van der Waals surface area contributed by atoms with Crippen LogP contribution >= 0.6 is 0 Å². The maximum absolute atomic E-state index is 12.5. The van der Waals surface area contributed by atoms with Gasteiger partial charge >= 0.3 is 0 Å². The van der Waals surface area contributed by atoms with Crippen LogP contribution in [-0.4, -0.2) is 65.4 Å². The predicted octanol–water partition coefficient (Wildman–Crippen LogP) is 9.00. The summed E-state index contributed by atoms with van der Waals surface area (Å²) in [6.45, 7) is 7.11. The van der Waals surface area contributed by atoms with E-state index < -0.39 is 6.04 Å². The van der Waals surface area contributed by atoms with Crippen molar-refractivity contribution in [3.63, 3.8) is 0 Å². The Morgan fingerprint density at radius 3 is 1.70 bits per heavy atom. The van der Waals surface area contributed by atoms with Gasteiger partial charge in [-0.05, 0) is 76.8 Å². The number of nitrogens with zero attached hydrogens (tertiary/aromatic N) is 8. The highest BCUT2D eigenvalue weighted by molar-refractivity contribution is 5.79. The normalized spacial score (nSPS) is 14.0. The van der Waals surface area contributed by atoms with Crippen molar-refractivity contribution in [2.24, 2.45) is 0 Å². The third-order valence-electron chi connectivity index (χ3n) is 12.7. The largest absolute Gasteiger partial charge is 0.357 e. The van der Waals surface area contributed by atoms with Gasteiger partial charge in [0.25, 0.3) is 11.1 Å². The molecule has 1 amide bonds. The summed E-state index contributed by atoms with van der Waals surface area (Å²) in [6.07, 6.45) is 13.9. The molecule has 69 heavy (non-hydrogen) atoms. The van der Waals surface area contributed by atoms with E-state index in [2.05, 4.69) is 60.5 Å². The van der Waals surface area contributed by atoms with E-state index in [0.717, 1.165) is 54.0 Å². The van der Waals surface area contributed by atoms with E-state index in [4.69, 9.17) is 19.0 Å². The van der Waals surface area contributed by atoms with Gasteiger partial charge in [-0.15, -0.1) is 0 Å². The summed E-state index contributed by atoms with van der Waals surface area (Å²) in [5.41, 5.74) is 11.1. The fourth-order valence-electron chi connectivity index (χ4n) is 8.45. The maximum Gasteiger partial charge on any atom is 0.251 e. The zero-order valence-corrected chi connectivity index (χ0v) is 39.4. The van der Waals surface area contributed by atoms with Gasteiger partial charge in [0, 0.05) is 95.4 Å². The average molecular weight is 932 g/mol. The minimum atomic E-state index is -0.661. The summed E-state index contributed by atoms with van der Waals surface area (Å²) >= 11 is 0. The van der Waals surface area contributed by atoms with Crippen molar-refractivity contribution in [3.05, 3.63) is 153 Å². The summed E-state index contributed by atoms with van der Waals surface area (Å²) in [4.78, 5) is 55.5. The van der Waals surface area contributed by atoms with Gasteiger partial charge in [0.15, 0.2) is 11.5 Å². The Bertz CT molecular complexity index is 3220. The molecule has 8 aromatic rings. The van der Waals surface area contributed by atoms with Crippen LogP contribution in [0.2, 0.25) is 0 Å². The smallest absolute Gasteiger partial charge is 0.251 e. The van der Waals surface area contributed by atoms with E-state index in [1.807, 2.05) is 74.1 Å². The van der Waals surface area contributed by atoms with E-state index in [1.54, 1.807) is 37.6 Å². The third kappa shape index (κ3) is 10.7. The first kappa shape index (κ1) is 46.4. The Hall–Kier alpha value is -7.69. The lowest BCUT2D eigenvalue weighted by molar-refractivity contribution is -0.123. The molecule has 10 rings (SSSR count). The first-order chi connectivity index (χ1) is 33.5. The SMILES string of the molecule is CNCc1ccc(-c2cc(-c3nc(-c4ccc(=O)n(C(C)C(=O)NC)c4)cnc3C)on2)cc1.Cc1ncc(-c2ccc(=O)n(C3CCCC3)c2)nc1-c1cc(-c2ccc(CNC3CC3)cc2)no1.[HH].[HH].[HH]. The van der Waals surface area contributed by atoms with Gasteiger partial charge in [0.2, 0.25) is 5.91 Å². The molecule has 16 heteroatoms. The molecule has 358 valence electrons. The Morgan fingerprint density at radius 2 is 1.17 bits per heavy atom. The van der Waals surface area contributed by atoms with Crippen LogP contribution in [0.5, 0.6) is 0 Å². The van der Waals surface area contributed by atoms with Crippen LogP contribution in [0.3, 0.4) is 0 Å². The number of rotatable bonds is 14. The number of likely N-dealkylation sites (N-methyl/N-ethyl adjacent to an activating group) is 1. The maximum atomic E-state index is 12.5. The predicted molar refractivity (Wildman–Crippen MR) is 270 cm³/mol. The molecule has 0 bridgehead atoms. The molecule has 2 aliphatic carbocycles. The van der Waals surface area contributed by atoms with Gasteiger partial charge in [-0.2, -0.15) is 0 Å². The monoisotopic (exact) mass is 931 g/mol. The average Bonchev–Trinajstić information content (AvgIpc) is 3.71. The number of hydrogen-bond donors (Lipinski definition) is 3. The van der Waals surface area contributed by atoms with E-state index in [-0.39, 0.29) is 27.3 Å². The number of benzene rings is 2. The molecule has 3 N–H and O–H groups in total. The number of aromatic nitrogens is 8. The zero-order chi connectivity index (χ0) is 48.0. The van der Waals surface area contributed by atoms with Crippen molar-refractivity contribution >= 4 is 5.91 Å². The molecule has 1 unspecified atom stereocenters. The van der Waals surface area contributed by atoms with Crippen LogP contribution < -0.4 is 27.1 Å². The molecule has 2 aliphatic rings. The van der Waals surface area contributed by atoms with Gasteiger partial charge in [-0.1, -0.05) is 71.7 Å². The lowest BCUT2D eigenvalue weighted by atomic mass is 10.1. The molecule has 0 radical (unpaired) electrons. The van der Waals surface area contributed by atoms with Crippen molar-refractivity contribution in [1.82, 2.24) is 55.3 Å². The summed E-state index contributed by atoms with van der Waals surface area (Å²) in [6, 6.07) is 27.1. The van der Waals surface area contributed by atoms with Crippen molar-refractivity contribution in [3.8, 4) is 67.9 Å². The summed E-state index contributed by atoms with van der Waals surface area (Å²) in [5, 5.41) is 17.7. The number of carbonyl (C=O) groups excluding carboxylic acids is 1. The van der Waals surface area contributed by atoms with Crippen LogP contribution in [-0.2, 0) is 17.9 Å². The molecule has 16 nitrogen and oxygen atoms in total. The lowest BCUT2D eigenvalue weighted by Gasteiger charge is -2.14. The van der Waals surface area contributed by atoms with Gasteiger partial charge in [0.05, 0.1) is 35.2 Å². The van der Waals surface area contributed by atoms with Gasteiger partial charge in [0.1, 0.15) is 28.8 Å². The number of nitrogens with one attached hydrogen (secondary N) is 3. The molecule has 6 aromatic heterocycles. The van der Waals surface area contributed by atoms with Gasteiger partial charge in [-0.25, -0.2) is 9.97 Å². The standard InChI is InChI=1S/C28H29N5O2.C25H26N6O3.3H2/c1-18-28(26-14-24(32-35-26)20-8-6-19(7-9-20)15-30-22-11-12-22)31-25(16-29-18)21-10-13-27(34)33(17-21)23-4-2-3-5-23;1-15-24(22-11-20(30-34-22)18-7-5-17(6-8-18)12-26-3)29-21(13-28-15)19-9-10-23(32)31(14-19)16(2)25(33)27-4;;;/h6-10,13-14,16-17,22-23,30H,2-5,11-12,15H2,1H3;5-11,13-14,16,26H,12H2,1-4H3,(H,27,33);3*1H. The number of hydrogen-bond acceptors (Lipinski definition) is 13. The lowest BCUT2D eigenvalue weighted by Crippen LogP contribution is -2.33. The second-order valence-electron chi connectivity index (χ2n) is 17.7. The highest BCUT2D eigenvalue weighted by atomic mass is 16.5. The van der Waals surface area contributed by atoms with Crippen LogP contribution in [0.25, 0.3) is 67.9 Å².